The first-order chi connectivity index (χ1) is 10.5. The zero-order valence-corrected chi connectivity index (χ0v) is 14.7. The Kier molecular flexibility index (Phi) is 5.80. The van der Waals surface area contributed by atoms with E-state index in [0.29, 0.717) is 12.1 Å². The fourth-order valence-electron chi connectivity index (χ4n) is 1.97. The third-order valence-corrected chi connectivity index (χ3v) is 4.17. The van der Waals surface area contributed by atoms with Gasteiger partial charge in [0.15, 0.2) is 0 Å². The van der Waals surface area contributed by atoms with Crippen molar-refractivity contribution in [1.82, 2.24) is 10.3 Å². The highest BCUT2D eigenvalue weighted by atomic mass is 79.9. The van der Waals surface area contributed by atoms with E-state index in [9.17, 15) is 4.79 Å². The molecule has 0 aliphatic heterocycles. The molecule has 0 saturated carbocycles. The van der Waals surface area contributed by atoms with Crippen molar-refractivity contribution in [1.29, 1.82) is 0 Å². The van der Waals surface area contributed by atoms with E-state index in [1.165, 1.54) is 0 Å². The van der Waals surface area contributed by atoms with Crippen molar-refractivity contribution in [2.75, 3.05) is 18.5 Å². The van der Waals surface area contributed by atoms with Gasteiger partial charge in [-0.2, -0.15) is 0 Å². The number of carbonyl (C=O) groups is 1. The van der Waals surface area contributed by atoms with Gasteiger partial charge in [0, 0.05) is 36.0 Å². The minimum atomic E-state index is -0.230. The van der Waals surface area contributed by atoms with Crippen molar-refractivity contribution in [3.63, 3.8) is 0 Å². The number of hydrogen-bond acceptors (Lipinski definition) is 3. The molecule has 6 heteroatoms. The number of amides is 1. The van der Waals surface area contributed by atoms with E-state index in [0.717, 1.165) is 10.2 Å². The standard InChI is InChI=1S/C16H17BrClN3O/c1-11(21(2)13-6-4-3-5-7-13)9-20-16(22)14-8-12(17)10-19-15(14)18/h3-8,10-11H,9H2,1-2H3,(H,20,22). The molecule has 0 radical (unpaired) electrons. The number of carbonyl (C=O) groups excluding carboxylic acids is 1. The van der Waals surface area contributed by atoms with E-state index in [2.05, 4.69) is 31.1 Å². The summed E-state index contributed by atoms with van der Waals surface area (Å²) in [6, 6.07) is 11.8. The van der Waals surface area contributed by atoms with Gasteiger partial charge in [0.25, 0.3) is 5.91 Å². The monoisotopic (exact) mass is 381 g/mol. The number of benzene rings is 1. The maximum Gasteiger partial charge on any atom is 0.254 e. The number of nitrogens with zero attached hydrogens (tertiary/aromatic N) is 2. The van der Waals surface area contributed by atoms with Crippen molar-refractivity contribution in [3.05, 3.63) is 57.8 Å². The van der Waals surface area contributed by atoms with Crippen molar-refractivity contribution >= 4 is 39.1 Å². The number of rotatable bonds is 5. The predicted octanol–water partition coefficient (Wildman–Crippen LogP) is 3.75. The van der Waals surface area contributed by atoms with Gasteiger partial charge < -0.3 is 10.2 Å². The second-order valence-corrected chi connectivity index (χ2v) is 6.27. The molecule has 0 aliphatic rings. The van der Waals surface area contributed by atoms with E-state index >= 15 is 0 Å². The molecule has 2 rings (SSSR count). The summed E-state index contributed by atoms with van der Waals surface area (Å²) >= 11 is 9.25. The number of nitrogens with one attached hydrogen (secondary N) is 1. The molecular formula is C16H17BrClN3O. The predicted molar refractivity (Wildman–Crippen MR) is 93.6 cm³/mol. The van der Waals surface area contributed by atoms with E-state index < -0.39 is 0 Å². The van der Waals surface area contributed by atoms with Gasteiger partial charge in [0.2, 0.25) is 0 Å². The Morgan fingerprint density at radius 2 is 2.09 bits per heavy atom. The molecule has 1 unspecified atom stereocenters. The second kappa shape index (κ2) is 7.61. The number of para-hydroxylation sites is 1. The Hall–Kier alpha value is -1.59. The molecule has 116 valence electrons. The average molecular weight is 383 g/mol. The largest absolute Gasteiger partial charge is 0.370 e. The molecule has 1 amide bonds. The lowest BCUT2D eigenvalue weighted by Crippen LogP contribution is -2.40. The van der Waals surface area contributed by atoms with Gasteiger partial charge in [-0.15, -0.1) is 0 Å². The first-order valence-electron chi connectivity index (χ1n) is 6.86. The summed E-state index contributed by atoms with van der Waals surface area (Å²) in [6.07, 6.45) is 1.56. The van der Waals surface area contributed by atoms with Gasteiger partial charge in [-0.1, -0.05) is 29.8 Å². The van der Waals surface area contributed by atoms with Crippen LogP contribution in [0, 0.1) is 0 Å². The molecule has 4 nitrogen and oxygen atoms in total. The summed E-state index contributed by atoms with van der Waals surface area (Å²) in [7, 11) is 2.00. The molecule has 1 N–H and O–H groups in total. The first kappa shape index (κ1) is 16.8. The van der Waals surface area contributed by atoms with Gasteiger partial charge in [0.05, 0.1) is 5.56 Å². The third kappa shape index (κ3) is 4.21. The van der Waals surface area contributed by atoms with E-state index in [1.807, 2.05) is 44.3 Å². The van der Waals surface area contributed by atoms with Gasteiger partial charge in [-0.25, -0.2) is 4.98 Å². The molecule has 0 bridgehead atoms. The van der Waals surface area contributed by atoms with Crippen LogP contribution in [0.4, 0.5) is 5.69 Å². The number of hydrogen-bond donors (Lipinski definition) is 1. The minimum absolute atomic E-state index is 0.144. The summed E-state index contributed by atoms with van der Waals surface area (Å²) < 4.78 is 0.719. The van der Waals surface area contributed by atoms with Crippen LogP contribution in [-0.4, -0.2) is 30.5 Å². The molecular weight excluding hydrogens is 366 g/mol. The number of halogens is 2. The van der Waals surface area contributed by atoms with Crippen LogP contribution in [0.25, 0.3) is 0 Å². The van der Waals surface area contributed by atoms with Crippen LogP contribution in [0.15, 0.2) is 47.1 Å². The third-order valence-electron chi connectivity index (χ3n) is 3.43. The molecule has 1 heterocycles. The Bertz CT molecular complexity index is 651. The number of anilines is 1. The normalized spacial score (nSPS) is 11.8. The van der Waals surface area contributed by atoms with Crippen LogP contribution < -0.4 is 10.2 Å². The highest BCUT2D eigenvalue weighted by molar-refractivity contribution is 9.10. The molecule has 0 spiro atoms. The van der Waals surface area contributed by atoms with Crippen LogP contribution >= 0.6 is 27.5 Å². The average Bonchev–Trinajstić information content (AvgIpc) is 2.54. The molecule has 1 atom stereocenters. The van der Waals surface area contributed by atoms with E-state index in [1.54, 1.807) is 12.3 Å². The topological polar surface area (TPSA) is 45.2 Å². The number of aromatic nitrogens is 1. The molecule has 0 saturated heterocycles. The fourth-order valence-corrected chi connectivity index (χ4v) is 2.49. The smallest absolute Gasteiger partial charge is 0.254 e. The lowest BCUT2D eigenvalue weighted by atomic mass is 10.2. The zero-order valence-electron chi connectivity index (χ0n) is 12.4. The van der Waals surface area contributed by atoms with E-state index in [-0.39, 0.29) is 17.1 Å². The van der Waals surface area contributed by atoms with Gasteiger partial charge in [-0.05, 0) is 41.1 Å². The fraction of sp³-hybridized carbons (Fsp3) is 0.250. The van der Waals surface area contributed by atoms with Crippen molar-refractivity contribution < 1.29 is 4.79 Å². The van der Waals surface area contributed by atoms with Crippen molar-refractivity contribution in [2.24, 2.45) is 0 Å². The number of pyridine rings is 1. The summed E-state index contributed by atoms with van der Waals surface area (Å²) in [5.74, 6) is -0.230. The minimum Gasteiger partial charge on any atom is -0.370 e. The zero-order chi connectivity index (χ0) is 16.1. The maximum absolute atomic E-state index is 12.2. The van der Waals surface area contributed by atoms with Crippen LogP contribution in [0.5, 0.6) is 0 Å². The lowest BCUT2D eigenvalue weighted by Gasteiger charge is -2.27. The molecule has 0 aliphatic carbocycles. The van der Waals surface area contributed by atoms with Gasteiger partial charge in [0.1, 0.15) is 5.15 Å². The highest BCUT2D eigenvalue weighted by Gasteiger charge is 2.15. The Labute approximate surface area is 143 Å². The lowest BCUT2D eigenvalue weighted by molar-refractivity contribution is 0.0951. The second-order valence-electron chi connectivity index (χ2n) is 5.00. The quantitative estimate of drug-likeness (QED) is 0.801. The first-order valence-corrected chi connectivity index (χ1v) is 8.03. The Balaban J connectivity index is 1.97. The van der Waals surface area contributed by atoms with Crippen molar-refractivity contribution in [2.45, 2.75) is 13.0 Å². The highest BCUT2D eigenvalue weighted by Crippen LogP contribution is 2.18. The van der Waals surface area contributed by atoms with Gasteiger partial charge >= 0.3 is 0 Å². The van der Waals surface area contributed by atoms with Crippen molar-refractivity contribution in [3.8, 4) is 0 Å². The molecule has 0 fully saturated rings. The summed E-state index contributed by atoms with van der Waals surface area (Å²) in [4.78, 5) is 18.3. The van der Waals surface area contributed by atoms with Crippen LogP contribution in [0.1, 0.15) is 17.3 Å². The van der Waals surface area contributed by atoms with Crippen LogP contribution in [-0.2, 0) is 0 Å². The van der Waals surface area contributed by atoms with Gasteiger partial charge in [-0.3, -0.25) is 4.79 Å². The van der Waals surface area contributed by atoms with Crippen LogP contribution in [0.2, 0.25) is 5.15 Å². The molecule has 22 heavy (non-hydrogen) atoms. The van der Waals surface area contributed by atoms with Crippen LogP contribution in [0.3, 0.4) is 0 Å². The number of likely N-dealkylation sites (N-methyl/N-ethyl adjacent to an activating group) is 1. The Morgan fingerprint density at radius 3 is 2.77 bits per heavy atom. The molecule has 1 aromatic carbocycles. The maximum atomic E-state index is 12.2. The Morgan fingerprint density at radius 1 is 1.41 bits per heavy atom. The molecule has 2 aromatic rings. The van der Waals surface area contributed by atoms with E-state index in [4.69, 9.17) is 11.6 Å². The summed E-state index contributed by atoms with van der Waals surface area (Å²) in [6.45, 7) is 2.56. The SMILES string of the molecule is CC(CNC(=O)c1cc(Br)cnc1Cl)N(C)c1ccccc1. The molecule has 1 aromatic heterocycles. The summed E-state index contributed by atoms with van der Waals surface area (Å²) in [5, 5.41) is 3.09. The summed E-state index contributed by atoms with van der Waals surface area (Å²) in [5.41, 5.74) is 1.47.